The molecule has 3 rings (SSSR count). The van der Waals surface area contributed by atoms with Gasteiger partial charge in [-0.15, -0.1) is 0 Å². The molecule has 0 aliphatic heterocycles. The zero-order chi connectivity index (χ0) is 21.5. The van der Waals surface area contributed by atoms with Crippen LogP contribution in [0.1, 0.15) is 41.6 Å². The number of carbonyl (C=O) groups is 1. The fourth-order valence-corrected chi connectivity index (χ4v) is 3.23. The van der Waals surface area contributed by atoms with Crippen LogP contribution in [-0.4, -0.2) is 44.0 Å². The summed E-state index contributed by atoms with van der Waals surface area (Å²) in [5, 5.41) is 7.79. The number of benzene rings is 2. The first kappa shape index (κ1) is 21.4. The van der Waals surface area contributed by atoms with Crippen molar-refractivity contribution in [3.8, 4) is 0 Å². The second-order valence-electron chi connectivity index (χ2n) is 7.46. The smallest absolute Gasteiger partial charge is 0.253 e. The number of hydrogen-bond acceptors (Lipinski definition) is 3. The predicted octanol–water partition coefficient (Wildman–Crippen LogP) is 3.99. The molecule has 2 N–H and O–H groups in total. The average Bonchev–Trinajstić information content (AvgIpc) is 3.18. The summed E-state index contributed by atoms with van der Waals surface area (Å²) in [5.74, 6) is 1.62. The van der Waals surface area contributed by atoms with Crippen molar-refractivity contribution in [2.45, 2.75) is 26.3 Å². The highest BCUT2D eigenvalue weighted by Gasteiger charge is 2.13. The predicted molar refractivity (Wildman–Crippen MR) is 122 cm³/mol. The zero-order valence-electron chi connectivity index (χ0n) is 18.1. The van der Waals surface area contributed by atoms with Crippen LogP contribution in [0, 0.1) is 0 Å². The van der Waals surface area contributed by atoms with Crippen LogP contribution in [0.25, 0.3) is 11.0 Å². The number of rotatable bonds is 7. The second kappa shape index (κ2) is 9.96. The van der Waals surface area contributed by atoms with Gasteiger partial charge in [-0.2, -0.15) is 0 Å². The lowest BCUT2D eigenvalue weighted by molar-refractivity contribution is 0.0827. The van der Waals surface area contributed by atoms with Gasteiger partial charge in [0.2, 0.25) is 0 Å². The fourth-order valence-electron chi connectivity index (χ4n) is 3.23. The first-order valence-corrected chi connectivity index (χ1v) is 10.3. The van der Waals surface area contributed by atoms with E-state index in [-0.39, 0.29) is 11.9 Å². The third kappa shape index (κ3) is 5.41. The quantitative estimate of drug-likeness (QED) is 0.460. The number of amides is 1. The van der Waals surface area contributed by atoms with Crippen molar-refractivity contribution in [2.24, 2.45) is 4.99 Å². The molecule has 1 unspecified atom stereocenters. The molecule has 6 heteroatoms. The van der Waals surface area contributed by atoms with Gasteiger partial charge in [0.25, 0.3) is 5.91 Å². The monoisotopic (exact) mass is 406 g/mol. The number of hydrogen-bond donors (Lipinski definition) is 2. The first-order valence-electron chi connectivity index (χ1n) is 10.3. The van der Waals surface area contributed by atoms with Gasteiger partial charge in [0, 0.05) is 38.1 Å². The molecular formula is C24H30N4O2. The molecule has 0 saturated carbocycles. The molecule has 1 amide bonds. The van der Waals surface area contributed by atoms with Gasteiger partial charge >= 0.3 is 0 Å². The third-order valence-electron chi connectivity index (χ3n) is 4.82. The maximum absolute atomic E-state index is 12.2. The minimum atomic E-state index is -0.0174. The minimum absolute atomic E-state index is 0.00927. The van der Waals surface area contributed by atoms with E-state index >= 15 is 0 Å². The summed E-state index contributed by atoms with van der Waals surface area (Å²) in [7, 11) is 3.52. The minimum Gasteiger partial charge on any atom is -0.459 e. The molecular weight excluding hydrogens is 376 g/mol. The Morgan fingerprint density at radius 2 is 1.93 bits per heavy atom. The van der Waals surface area contributed by atoms with Crippen molar-refractivity contribution in [2.75, 3.05) is 27.2 Å². The highest BCUT2D eigenvalue weighted by atomic mass is 16.3. The maximum atomic E-state index is 12.2. The van der Waals surface area contributed by atoms with Crippen LogP contribution in [0.2, 0.25) is 0 Å². The standard InChI is InChI=1S/C24H30N4O2/c1-5-25-24(27-17(2)22-16-19-10-6-7-12-21(19)30-22)26-14-13-18-9-8-11-20(15-18)23(29)28(3)4/h6-12,15-17H,5,13-14H2,1-4H3,(H2,25,26,27). The number of aliphatic imine (C=N–C) groups is 1. The molecule has 30 heavy (non-hydrogen) atoms. The Hall–Kier alpha value is -3.28. The molecule has 0 fully saturated rings. The molecule has 0 spiro atoms. The lowest BCUT2D eigenvalue weighted by Gasteiger charge is -2.16. The van der Waals surface area contributed by atoms with Crippen LogP contribution in [-0.2, 0) is 6.42 Å². The van der Waals surface area contributed by atoms with Crippen molar-refractivity contribution in [3.63, 3.8) is 0 Å². The van der Waals surface area contributed by atoms with Gasteiger partial charge in [-0.25, -0.2) is 0 Å². The normalized spacial score (nSPS) is 12.6. The lowest BCUT2D eigenvalue weighted by Crippen LogP contribution is -2.38. The van der Waals surface area contributed by atoms with Crippen molar-refractivity contribution in [3.05, 3.63) is 71.5 Å². The average molecular weight is 407 g/mol. The van der Waals surface area contributed by atoms with Crippen LogP contribution in [0.4, 0.5) is 0 Å². The third-order valence-corrected chi connectivity index (χ3v) is 4.82. The van der Waals surface area contributed by atoms with Gasteiger partial charge in [-0.3, -0.25) is 9.79 Å². The number of fused-ring (bicyclic) bond motifs is 1. The van der Waals surface area contributed by atoms with E-state index in [1.807, 2.05) is 55.5 Å². The van der Waals surface area contributed by atoms with E-state index in [4.69, 9.17) is 9.41 Å². The Bertz CT molecular complexity index is 990. The van der Waals surface area contributed by atoms with Crippen LogP contribution in [0.3, 0.4) is 0 Å². The summed E-state index contributed by atoms with van der Waals surface area (Å²) in [4.78, 5) is 18.4. The maximum Gasteiger partial charge on any atom is 0.253 e. The van der Waals surface area contributed by atoms with Gasteiger partial charge in [-0.05, 0) is 50.1 Å². The fraction of sp³-hybridized carbons (Fsp3) is 0.333. The van der Waals surface area contributed by atoms with Gasteiger partial charge in [0.15, 0.2) is 5.96 Å². The van der Waals surface area contributed by atoms with Crippen molar-refractivity contribution in [1.82, 2.24) is 15.5 Å². The summed E-state index contributed by atoms with van der Waals surface area (Å²) >= 11 is 0. The number of nitrogens with one attached hydrogen (secondary N) is 2. The van der Waals surface area contributed by atoms with E-state index in [0.29, 0.717) is 12.1 Å². The Morgan fingerprint density at radius 3 is 2.67 bits per heavy atom. The van der Waals surface area contributed by atoms with E-state index in [1.54, 1.807) is 19.0 Å². The molecule has 1 aromatic heterocycles. The molecule has 1 heterocycles. The summed E-state index contributed by atoms with van der Waals surface area (Å²) < 4.78 is 5.96. The molecule has 0 bridgehead atoms. The zero-order valence-corrected chi connectivity index (χ0v) is 18.1. The Labute approximate surface area is 178 Å². The number of guanidine groups is 1. The summed E-state index contributed by atoms with van der Waals surface area (Å²) in [6.45, 7) is 5.48. The molecule has 0 saturated heterocycles. The van der Waals surface area contributed by atoms with Gasteiger partial charge in [-0.1, -0.05) is 30.3 Å². The van der Waals surface area contributed by atoms with Gasteiger partial charge in [0.05, 0.1) is 6.04 Å². The molecule has 1 atom stereocenters. The number of furan rings is 1. The van der Waals surface area contributed by atoms with E-state index in [9.17, 15) is 4.79 Å². The molecule has 3 aromatic rings. The van der Waals surface area contributed by atoms with E-state index in [2.05, 4.69) is 23.6 Å². The molecule has 2 aromatic carbocycles. The Morgan fingerprint density at radius 1 is 1.13 bits per heavy atom. The first-order chi connectivity index (χ1) is 14.5. The molecule has 6 nitrogen and oxygen atoms in total. The molecule has 158 valence electrons. The molecule has 0 aliphatic rings. The lowest BCUT2D eigenvalue weighted by atomic mass is 10.1. The summed E-state index contributed by atoms with van der Waals surface area (Å²) in [6, 6.07) is 17.8. The van der Waals surface area contributed by atoms with Crippen molar-refractivity contribution in [1.29, 1.82) is 0 Å². The SMILES string of the molecule is CCNC(=NCCc1cccc(C(=O)N(C)C)c1)NC(C)c1cc2ccccc2o1. The largest absolute Gasteiger partial charge is 0.459 e. The highest BCUT2D eigenvalue weighted by molar-refractivity contribution is 5.94. The number of nitrogens with zero attached hydrogens (tertiary/aromatic N) is 2. The van der Waals surface area contributed by atoms with Gasteiger partial charge < -0.3 is 20.0 Å². The topological polar surface area (TPSA) is 69.9 Å². The van der Waals surface area contributed by atoms with Crippen molar-refractivity contribution < 1.29 is 9.21 Å². The Balaban J connectivity index is 1.64. The summed E-state index contributed by atoms with van der Waals surface area (Å²) in [6.07, 6.45) is 0.754. The van der Waals surface area contributed by atoms with E-state index in [1.165, 1.54) is 0 Å². The molecule has 0 aliphatic carbocycles. The van der Waals surface area contributed by atoms with Gasteiger partial charge in [0.1, 0.15) is 11.3 Å². The van der Waals surface area contributed by atoms with Crippen molar-refractivity contribution >= 4 is 22.8 Å². The van der Waals surface area contributed by atoms with E-state index in [0.717, 1.165) is 41.2 Å². The van der Waals surface area contributed by atoms with E-state index < -0.39 is 0 Å². The van der Waals surface area contributed by atoms with Crippen LogP contribution < -0.4 is 10.6 Å². The van der Waals surface area contributed by atoms with Crippen LogP contribution in [0.15, 0.2) is 64.0 Å². The summed E-state index contributed by atoms with van der Waals surface area (Å²) in [5.41, 5.74) is 2.67. The van der Waals surface area contributed by atoms with Crippen LogP contribution in [0.5, 0.6) is 0 Å². The second-order valence-corrected chi connectivity index (χ2v) is 7.46. The Kier molecular flexibility index (Phi) is 7.12. The highest BCUT2D eigenvalue weighted by Crippen LogP contribution is 2.23. The number of para-hydroxylation sites is 1. The molecule has 0 radical (unpaired) electrons. The number of carbonyl (C=O) groups excluding carboxylic acids is 1. The van der Waals surface area contributed by atoms with Crippen LogP contribution >= 0.6 is 0 Å².